The van der Waals surface area contributed by atoms with E-state index in [0.717, 1.165) is 16.9 Å². The molecule has 134 valence electrons. The Kier molecular flexibility index (Phi) is 6.58. The second kappa shape index (κ2) is 8.67. The van der Waals surface area contributed by atoms with Crippen molar-refractivity contribution < 1.29 is 19.1 Å². The average Bonchev–Trinajstić information content (AvgIpc) is 2.99. The molecule has 0 saturated heterocycles. The van der Waals surface area contributed by atoms with Crippen molar-refractivity contribution in [2.75, 3.05) is 18.5 Å². The van der Waals surface area contributed by atoms with Gasteiger partial charge in [0.2, 0.25) is 0 Å². The van der Waals surface area contributed by atoms with Gasteiger partial charge in [-0.25, -0.2) is 4.79 Å². The number of amides is 1. The molecule has 0 atom stereocenters. The first-order valence-corrected chi connectivity index (χ1v) is 9.06. The van der Waals surface area contributed by atoms with Crippen LogP contribution in [-0.2, 0) is 16.0 Å². The fraction of sp³-hybridized carbons (Fsp3) is 0.368. The molecule has 25 heavy (non-hydrogen) atoms. The molecule has 2 rings (SSSR count). The number of carbonyl (C=O) groups is 2. The number of anilines is 1. The van der Waals surface area contributed by atoms with Crippen LogP contribution < -0.4 is 10.1 Å². The minimum absolute atomic E-state index is 0.121. The van der Waals surface area contributed by atoms with Crippen LogP contribution >= 0.6 is 11.3 Å². The van der Waals surface area contributed by atoms with Crippen LogP contribution in [0.4, 0.5) is 5.00 Å². The van der Waals surface area contributed by atoms with Crippen molar-refractivity contribution in [3.05, 3.63) is 45.8 Å². The lowest BCUT2D eigenvalue weighted by Gasteiger charge is -2.09. The Balaban J connectivity index is 2.03. The van der Waals surface area contributed by atoms with Gasteiger partial charge in [0, 0.05) is 4.88 Å². The SMILES string of the molecule is CCOC(=O)c1cc(CC)sc1NC(=O)COc1ccc(C)c(C)c1. The fourth-order valence-electron chi connectivity index (χ4n) is 2.18. The number of ether oxygens (including phenoxy) is 2. The van der Waals surface area contributed by atoms with E-state index < -0.39 is 5.97 Å². The molecule has 0 aliphatic carbocycles. The molecule has 0 spiro atoms. The summed E-state index contributed by atoms with van der Waals surface area (Å²) in [4.78, 5) is 25.2. The van der Waals surface area contributed by atoms with E-state index in [1.54, 1.807) is 13.0 Å². The largest absolute Gasteiger partial charge is 0.484 e. The van der Waals surface area contributed by atoms with Gasteiger partial charge in [-0.05, 0) is 56.5 Å². The number of rotatable bonds is 7. The van der Waals surface area contributed by atoms with Gasteiger partial charge in [0.25, 0.3) is 5.91 Å². The van der Waals surface area contributed by atoms with E-state index in [0.29, 0.717) is 22.9 Å². The fourth-order valence-corrected chi connectivity index (χ4v) is 3.19. The highest BCUT2D eigenvalue weighted by molar-refractivity contribution is 7.16. The first-order valence-electron chi connectivity index (χ1n) is 8.24. The van der Waals surface area contributed by atoms with E-state index in [1.807, 2.05) is 39.0 Å². The molecule has 0 fully saturated rings. The summed E-state index contributed by atoms with van der Waals surface area (Å²) in [5, 5.41) is 3.26. The van der Waals surface area contributed by atoms with Crippen LogP contribution in [0.2, 0.25) is 0 Å². The molecular formula is C19H23NO4S. The molecule has 0 unspecified atom stereocenters. The number of aryl methyl sites for hydroxylation is 3. The van der Waals surface area contributed by atoms with Gasteiger partial charge in [-0.15, -0.1) is 11.3 Å². The summed E-state index contributed by atoms with van der Waals surface area (Å²) in [5.74, 6) is -0.0959. The van der Waals surface area contributed by atoms with Crippen LogP contribution in [-0.4, -0.2) is 25.1 Å². The molecule has 0 aliphatic rings. The van der Waals surface area contributed by atoms with Crippen LogP contribution in [0.5, 0.6) is 5.75 Å². The Bertz CT molecular complexity index is 767. The highest BCUT2D eigenvalue weighted by Gasteiger charge is 2.18. The number of esters is 1. The lowest BCUT2D eigenvalue weighted by Crippen LogP contribution is -2.21. The quantitative estimate of drug-likeness (QED) is 0.754. The number of nitrogens with one attached hydrogen (secondary N) is 1. The summed E-state index contributed by atoms with van der Waals surface area (Å²) >= 11 is 1.38. The molecule has 5 nitrogen and oxygen atoms in total. The highest BCUT2D eigenvalue weighted by Crippen LogP contribution is 2.29. The molecule has 6 heteroatoms. The zero-order chi connectivity index (χ0) is 18.4. The lowest BCUT2D eigenvalue weighted by atomic mass is 10.1. The third kappa shape index (κ3) is 5.06. The van der Waals surface area contributed by atoms with Crippen molar-refractivity contribution in [2.24, 2.45) is 0 Å². The maximum atomic E-state index is 12.2. The number of benzene rings is 1. The molecule has 1 N–H and O–H groups in total. The van der Waals surface area contributed by atoms with Crippen molar-refractivity contribution in [3.63, 3.8) is 0 Å². The van der Waals surface area contributed by atoms with Crippen molar-refractivity contribution in [2.45, 2.75) is 34.1 Å². The van der Waals surface area contributed by atoms with E-state index in [2.05, 4.69) is 5.32 Å². The van der Waals surface area contributed by atoms with Crippen molar-refractivity contribution >= 4 is 28.2 Å². The third-order valence-electron chi connectivity index (χ3n) is 3.73. The normalized spacial score (nSPS) is 10.4. The maximum Gasteiger partial charge on any atom is 0.341 e. The van der Waals surface area contributed by atoms with Gasteiger partial charge in [-0.1, -0.05) is 13.0 Å². The maximum absolute atomic E-state index is 12.2. The zero-order valence-corrected chi connectivity index (χ0v) is 15.8. The molecule has 1 amide bonds. The van der Waals surface area contributed by atoms with Gasteiger partial charge in [0.15, 0.2) is 6.61 Å². The molecule has 0 radical (unpaired) electrons. The van der Waals surface area contributed by atoms with E-state index in [9.17, 15) is 9.59 Å². The Morgan fingerprint density at radius 3 is 2.52 bits per heavy atom. The predicted molar refractivity (Wildman–Crippen MR) is 99.7 cm³/mol. The second-order valence-corrected chi connectivity index (χ2v) is 6.75. The Hall–Kier alpha value is -2.34. The van der Waals surface area contributed by atoms with Gasteiger partial charge in [0.05, 0.1) is 12.2 Å². The van der Waals surface area contributed by atoms with Gasteiger partial charge < -0.3 is 14.8 Å². The van der Waals surface area contributed by atoms with Crippen molar-refractivity contribution in [3.8, 4) is 5.75 Å². The summed E-state index contributed by atoms with van der Waals surface area (Å²) in [6, 6.07) is 7.45. The van der Waals surface area contributed by atoms with Crippen LogP contribution in [0.3, 0.4) is 0 Å². The van der Waals surface area contributed by atoms with E-state index in [-0.39, 0.29) is 12.5 Å². The molecule has 1 aromatic carbocycles. The van der Waals surface area contributed by atoms with Gasteiger partial charge in [-0.3, -0.25) is 4.79 Å². The van der Waals surface area contributed by atoms with E-state index in [4.69, 9.17) is 9.47 Å². The van der Waals surface area contributed by atoms with Gasteiger partial charge >= 0.3 is 5.97 Å². The highest BCUT2D eigenvalue weighted by atomic mass is 32.1. The standard InChI is InChI=1S/C19H23NO4S/c1-5-15-10-16(19(22)23-6-2)18(25-15)20-17(21)11-24-14-8-7-12(3)13(4)9-14/h7-10H,5-6,11H2,1-4H3,(H,20,21). The van der Waals surface area contributed by atoms with Crippen LogP contribution in [0.25, 0.3) is 0 Å². The molecule has 1 aromatic heterocycles. The first kappa shape index (κ1) is 19.0. The van der Waals surface area contributed by atoms with Gasteiger partial charge in [0.1, 0.15) is 10.8 Å². The summed E-state index contributed by atoms with van der Waals surface area (Å²) in [6.07, 6.45) is 0.784. The smallest absolute Gasteiger partial charge is 0.341 e. The number of carbonyl (C=O) groups excluding carboxylic acids is 2. The minimum atomic E-state index is -0.427. The second-order valence-electron chi connectivity index (χ2n) is 5.61. The summed E-state index contributed by atoms with van der Waals surface area (Å²) in [7, 11) is 0. The number of hydrogen-bond acceptors (Lipinski definition) is 5. The molecule has 2 aromatic rings. The monoisotopic (exact) mass is 361 g/mol. The van der Waals surface area contributed by atoms with Crippen molar-refractivity contribution in [1.29, 1.82) is 0 Å². The molecule has 0 aliphatic heterocycles. The summed E-state index contributed by atoms with van der Waals surface area (Å²) in [5.41, 5.74) is 2.66. The van der Waals surface area contributed by atoms with E-state index >= 15 is 0 Å². The Labute approximate surface area is 152 Å². The van der Waals surface area contributed by atoms with Gasteiger partial charge in [-0.2, -0.15) is 0 Å². The average molecular weight is 361 g/mol. The molecule has 0 bridgehead atoms. The predicted octanol–water partition coefficient (Wildman–Crippen LogP) is 4.12. The summed E-state index contributed by atoms with van der Waals surface area (Å²) in [6.45, 7) is 7.93. The zero-order valence-electron chi connectivity index (χ0n) is 15.0. The molecular weight excluding hydrogens is 338 g/mol. The van der Waals surface area contributed by atoms with Crippen LogP contribution in [0.15, 0.2) is 24.3 Å². The first-order chi connectivity index (χ1) is 11.9. The summed E-state index contributed by atoms with van der Waals surface area (Å²) < 4.78 is 10.6. The van der Waals surface area contributed by atoms with Crippen molar-refractivity contribution in [1.82, 2.24) is 0 Å². The molecule has 1 heterocycles. The minimum Gasteiger partial charge on any atom is -0.484 e. The Morgan fingerprint density at radius 1 is 1.12 bits per heavy atom. The van der Waals surface area contributed by atoms with Crippen LogP contribution in [0, 0.1) is 13.8 Å². The van der Waals surface area contributed by atoms with E-state index in [1.165, 1.54) is 16.9 Å². The number of thiophene rings is 1. The third-order valence-corrected chi connectivity index (χ3v) is 4.92. The number of hydrogen-bond donors (Lipinski definition) is 1. The van der Waals surface area contributed by atoms with Crippen LogP contribution in [0.1, 0.15) is 40.2 Å². The Morgan fingerprint density at radius 2 is 1.88 bits per heavy atom. The lowest BCUT2D eigenvalue weighted by molar-refractivity contribution is -0.118. The topological polar surface area (TPSA) is 64.6 Å². The molecule has 0 saturated carbocycles.